The van der Waals surface area contributed by atoms with Crippen LogP contribution in [-0.2, 0) is 17.6 Å². The molecule has 4 nitrogen and oxygen atoms in total. The van der Waals surface area contributed by atoms with E-state index in [1.165, 1.54) is 16.0 Å². The van der Waals surface area contributed by atoms with Crippen molar-refractivity contribution in [3.8, 4) is 0 Å². The van der Waals surface area contributed by atoms with Crippen molar-refractivity contribution < 1.29 is 9.59 Å². The number of carbonyl (C=O) groups is 2. The van der Waals surface area contributed by atoms with E-state index in [4.69, 9.17) is 0 Å². The van der Waals surface area contributed by atoms with Gasteiger partial charge in [0.1, 0.15) is 0 Å². The molecule has 1 N–H and O–H groups in total. The minimum absolute atomic E-state index is 0.0766. The average Bonchev–Trinajstić information content (AvgIpc) is 2.82. The van der Waals surface area contributed by atoms with Crippen LogP contribution in [0, 0.1) is 0 Å². The molecule has 0 aliphatic heterocycles. The molecule has 0 unspecified atom stereocenters. The Morgan fingerprint density at radius 2 is 1.86 bits per heavy atom. The molecule has 1 aliphatic carbocycles. The summed E-state index contributed by atoms with van der Waals surface area (Å²) in [6.07, 6.45) is 3.31. The van der Waals surface area contributed by atoms with E-state index in [0.29, 0.717) is 5.56 Å². The van der Waals surface area contributed by atoms with Gasteiger partial charge in [-0.05, 0) is 63.3 Å². The molecule has 0 aromatic heterocycles. The van der Waals surface area contributed by atoms with E-state index >= 15 is 0 Å². The largest absolute Gasteiger partial charge is 0.350 e. The summed E-state index contributed by atoms with van der Waals surface area (Å²) in [5.41, 5.74) is 3.00. The van der Waals surface area contributed by atoms with E-state index in [9.17, 15) is 9.59 Å². The van der Waals surface area contributed by atoms with Gasteiger partial charge in [0.2, 0.25) is 5.91 Å². The maximum absolute atomic E-state index is 12.4. The fourth-order valence-electron chi connectivity index (χ4n) is 2.67. The number of nitrogens with one attached hydrogen (secondary N) is 1. The fraction of sp³-hybridized carbons (Fsp3) is 0.529. The molecular formula is C17H24N2O2. The number of rotatable bonds is 3. The average molecular weight is 288 g/mol. The van der Waals surface area contributed by atoms with Crippen LogP contribution in [0.4, 0.5) is 0 Å². The number of carbonyl (C=O) groups excluding carboxylic acids is 2. The lowest BCUT2D eigenvalue weighted by Gasteiger charge is -2.23. The quantitative estimate of drug-likeness (QED) is 0.926. The van der Waals surface area contributed by atoms with Crippen LogP contribution in [0.15, 0.2) is 18.2 Å². The van der Waals surface area contributed by atoms with Crippen LogP contribution in [0.25, 0.3) is 0 Å². The van der Waals surface area contributed by atoms with Crippen molar-refractivity contribution in [2.24, 2.45) is 0 Å². The topological polar surface area (TPSA) is 49.4 Å². The molecule has 2 rings (SSSR count). The van der Waals surface area contributed by atoms with Gasteiger partial charge in [-0.25, -0.2) is 0 Å². The van der Waals surface area contributed by atoms with E-state index in [2.05, 4.69) is 5.32 Å². The van der Waals surface area contributed by atoms with Gasteiger partial charge >= 0.3 is 0 Å². The SMILES string of the molecule is CN(CC(=O)NC(C)(C)C)C(=O)c1ccc2c(c1)CCC2. The Balaban J connectivity index is 2.01. The molecule has 0 saturated carbocycles. The molecule has 0 heterocycles. The second kappa shape index (κ2) is 5.88. The van der Waals surface area contributed by atoms with E-state index in [0.717, 1.165) is 19.3 Å². The van der Waals surface area contributed by atoms with Crippen LogP contribution in [0.1, 0.15) is 48.7 Å². The summed E-state index contributed by atoms with van der Waals surface area (Å²) in [5.74, 6) is -0.242. The number of aryl methyl sites for hydroxylation is 2. The van der Waals surface area contributed by atoms with Crippen LogP contribution in [0.5, 0.6) is 0 Å². The number of likely N-dealkylation sites (N-methyl/N-ethyl adjacent to an activating group) is 1. The smallest absolute Gasteiger partial charge is 0.254 e. The lowest BCUT2D eigenvalue weighted by molar-refractivity contribution is -0.122. The van der Waals surface area contributed by atoms with E-state index in [1.54, 1.807) is 7.05 Å². The maximum atomic E-state index is 12.4. The van der Waals surface area contributed by atoms with Crippen molar-refractivity contribution in [2.45, 2.75) is 45.6 Å². The van der Waals surface area contributed by atoms with Crippen LogP contribution >= 0.6 is 0 Å². The highest BCUT2D eigenvalue weighted by molar-refractivity contribution is 5.96. The van der Waals surface area contributed by atoms with Gasteiger partial charge < -0.3 is 10.2 Å². The van der Waals surface area contributed by atoms with E-state index < -0.39 is 0 Å². The first kappa shape index (κ1) is 15.5. The molecule has 0 spiro atoms. The van der Waals surface area contributed by atoms with Crippen LogP contribution < -0.4 is 5.32 Å². The zero-order valence-corrected chi connectivity index (χ0v) is 13.3. The Labute approximate surface area is 126 Å². The third-order valence-corrected chi connectivity index (χ3v) is 3.59. The molecule has 0 saturated heterocycles. The van der Waals surface area contributed by atoms with Crippen molar-refractivity contribution >= 4 is 11.8 Å². The van der Waals surface area contributed by atoms with Crippen LogP contribution in [0.3, 0.4) is 0 Å². The zero-order chi connectivity index (χ0) is 15.6. The predicted octanol–water partition coefficient (Wildman–Crippen LogP) is 2.16. The summed E-state index contributed by atoms with van der Waals surface area (Å²) in [4.78, 5) is 25.7. The first-order valence-corrected chi connectivity index (χ1v) is 7.44. The highest BCUT2D eigenvalue weighted by Crippen LogP contribution is 2.23. The van der Waals surface area contributed by atoms with Crippen molar-refractivity contribution in [2.75, 3.05) is 13.6 Å². The first-order valence-electron chi connectivity index (χ1n) is 7.44. The number of nitrogens with zero attached hydrogens (tertiary/aromatic N) is 1. The summed E-state index contributed by atoms with van der Waals surface area (Å²) >= 11 is 0. The lowest BCUT2D eigenvalue weighted by Crippen LogP contribution is -2.46. The summed E-state index contributed by atoms with van der Waals surface area (Å²) in [6, 6.07) is 5.88. The summed E-state index contributed by atoms with van der Waals surface area (Å²) in [5, 5.41) is 2.87. The molecule has 0 fully saturated rings. The molecule has 114 valence electrons. The monoisotopic (exact) mass is 288 g/mol. The predicted molar refractivity (Wildman–Crippen MR) is 83.3 cm³/mol. The molecular weight excluding hydrogens is 264 g/mol. The lowest BCUT2D eigenvalue weighted by atomic mass is 10.1. The fourth-order valence-corrected chi connectivity index (χ4v) is 2.67. The normalized spacial score (nSPS) is 13.7. The highest BCUT2D eigenvalue weighted by atomic mass is 16.2. The Kier molecular flexibility index (Phi) is 4.35. The number of hydrogen-bond donors (Lipinski definition) is 1. The molecule has 1 aromatic carbocycles. The molecule has 0 radical (unpaired) electrons. The van der Waals surface area contributed by atoms with Crippen LogP contribution in [0.2, 0.25) is 0 Å². The Morgan fingerprint density at radius 1 is 1.19 bits per heavy atom. The minimum Gasteiger partial charge on any atom is -0.350 e. The second-order valence-electron chi connectivity index (χ2n) is 6.80. The standard InChI is InChI=1S/C17H24N2O2/c1-17(2,3)18-15(20)11-19(4)16(21)14-9-8-12-6-5-7-13(12)10-14/h8-10H,5-7,11H2,1-4H3,(H,18,20). The van der Waals surface area contributed by atoms with Crippen molar-refractivity contribution in [1.29, 1.82) is 0 Å². The second-order valence-corrected chi connectivity index (χ2v) is 6.80. The van der Waals surface area contributed by atoms with Gasteiger partial charge in [0, 0.05) is 18.2 Å². The van der Waals surface area contributed by atoms with Gasteiger partial charge in [-0.1, -0.05) is 6.07 Å². The van der Waals surface area contributed by atoms with Gasteiger partial charge in [-0.3, -0.25) is 9.59 Å². The molecule has 0 bridgehead atoms. The number of fused-ring (bicyclic) bond motifs is 1. The summed E-state index contributed by atoms with van der Waals surface area (Å²) < 4.78 is 0. The number of amides is 2. The maximum Gasteiger partial charge on any atom is 0.254 e. The molecule has 1 aliphatic rings. The molecule has 4 heteroatoms. The van der Waals surface area contributed by atoms with E-state index in [1.807, 2.05) is 39.0 Å². The van der Waals surface area contributed by atoms with Gasteiger partial charge in [-0.15, -0.1) is 0 Å². The Morgan fingerprint density at radius 3 is 2.52 bits per heavy atom. The van der Waals surface area contributed by atoms with Gasteiger partial charge in [0.15, 0.2) is 0 Å². The Bertz CT molecular complexity index is 558. The summed E-state index contributed by atoms with van der Waals surface area (Å²) in [7, 11) is 1.66. The molecule has 21 heavy (non-hydrogen) atoms. The molecule has 0 atom stereocenters. The zero-order valence-electron chi connectivity index (χ0n) is 13.3. The molecule has 2 amide bonds. The highest BCUT2D eigenvalue weighted by Gasteiger charge is 2.20. The van der Waals surface area contributed by atoms with Gasteiger partial charge in [0.05, 0.1) is 6.54 Å². The Hall–Kier alpha value is -1.84. The summed E-state index contributed by atoms with van der Waals surface area (Å²) in [6.45, 7) is 5.85. The van der Waals surface area contributed by atoms with Crippen LogP contribution in [-0.4, -0.2) is 35.8 Å². The van der Waals surface area contributed by atoms with Crippen molar-refractivity contribution in [1.82, 2.24) is 10.2 Å². The van der Waals surface area contributed by atoms with Crippen molar-refractivity contribution in [3.05, 3.63) is 34.9 Å². The number of hydrogen-bond acceptors (Lipinski definition) is 2. The van der Waals surface area contributed by atoms with Crippen molar-refractivity contribution in [3.63, 3.8) is 0 Å². The van der Waals surface area contributed by atoms with Gasteiger partial charge in [0.25, 0.3) is 5.91 Å². The van der Waals surface area contributed by atoms with Gasteiger partial charge in [-0.2, -0.15) is 0 Å². The molecule has 1 aromatic rings. The minimum atomic E-state index is -0.283. The third kappa shape index (κ3) is 4.06. The number of benzene rings is 1. The van der Waals surface area contributed by atoms with E-state index in [-0.39, 0.29) is 23.9 Å². The third-order valence-electron chi connectivity index (χ3n) is 3.59. The first-order chi connectivity index (χ1) is 9.76.